The second kappa shape index (κ2) is 6.08. The first-order chi connectivity index (χ1) is 7.59. The van der Waals surface area contributed by atoms with Crippen molar-refractivity contribution >= 4 is 5.97 Å². The molecule has 0 aliphatic heterocycles. The molecule has 0 spiro atoms. The fourth-order valence-corrected chi connectivity index (χ4v) is 1.23. The lowest BCUT2D eigenvalue weighted by Gasteiger charge is -2.05. The van der Waals surface area contributed by atoms with Gasteiger partial charge in [-0.25, -0.2) is 4.79 Å². The topological polar surface area (TPSA) is 46.5 Å². The Labute approximate surface area is 95.4 Å². The van der Waals surface area contributed by atoms with Gasteiger partial charge in [0.25, 0.3) is 0 Å². The van der Waals surface area contributed by atoms with Crippen LogP contribution in [0.1, 0.15) is 29.3 Å². The zero-order chi connectivity index (χ0) is 12.0. The van der Waals surface area contributed by atoms with Crippen molar-refractivity contribution in [2.24, 2.45) is 0 Å². The van der Waals surface area contributed by atoms with Crippen LogP contribution in [0.25, 0.3) is 0 Å². The minimum atomic E-state index is -0.913. The normalized spacial score (nSPS) is 10.1. The summed E-state index contributed by atoms with van der Waals surface area (Å²) in [5.74, 6) is -0.913. The Hall–Kier alpha value is -1.61. The second-order valence-corrected chi connectivity index (χ2v) is 3.77. The Bertz CT molecular complexity index is 383. The van der Waals surface area contributed by atoms with Gasteiger partial charge < -0.3 is 9.84 Å². The summed E-state index contributed by atoms with van der Waals surface area (Å²) < 4.78 is 5.41. The summed E-state index contributed by atoms with van der Waals surface area (Å²) in [5.41, 5.74) is 2.25. The van der Waals surface area contributed by atoms with E-state index in [4.69, 9.17) is 9.84 Å². The van der Waals surface area contributed by atoms with E-state index in [0.717, 1.165) is 17.6 Å². The Balaban J connectivity index is 2.45. The van der Waals surface area contributed by atoms with E-state index >= 15 is 0 Å². The van der Waals surface area contributed by atoms with E-state index in [1.165, 1.54) is 0 Å². The van der Waals surface area contributed by atoms with Gasteiger partial charge in [0.2, 0.25) is 0 Å². The Kier molecular flexibility index (Phi) is 4.73. The third-order valence-corrected chi connectivity index (χ3v) is 2.12. The molecular weight excluding hydrogens is 204 g/mol. The van der Waals surface area contributed by atoms with Crippen LogP contribution in [0.2, 0.25) is 0 Å². The summed E-state index contributed by atoms with van der Waals surface area (Å²) >= 11 is 0. The largest absolute Gasteiger partial charge is 0.478 e. The van der Waals surface area contributed by atoms with Crippen molar-refractivity contribution in [3.8, 4) is 0 Å². The summed E-state index contributed by atoms with van der Waals surface area (Å²) in [4.78, 5) is 10.7. The van der Waals surface area contributed by atoms with Gasteiger partial charge in [-0.05, 0) is 31.0 Å². The van der Waals surface area contributed by atoms with Gasteiger partial charge in [0.1, 0.15) is 0 Å². The first-order valence-corrected chi connectivity index (χ1v) is 5.14. The molecule has 3 heteroatoms. The van der Waals surface area contributed by atoms with Crippen LogP contribution in [0, 0.1) is 0 Å². The highest BCUT2D eigenvalue weighted by Gasteiger charge is 2.02. The molecule has 86 valence electrons. The first kappa shape index (κ1) is 12.5. The smallest absolute Gasteiger partial charge is 0.335 e. The number of rotatable bonds is 6. The second-order valence-electron chi connectivity index (χ2n) is 3.77. The zero-order valence-electron chi connectivity index (χ0n) is 9.40. The molecule has 0 atom stereocenters. The minimum Gasteiger partial charge on any atom is -0.478 e. The minimum absolute atomic E-state index is 0.293. The molecule has 1 aromatic rings. The molecule has 0 radical (unpaired) electrons. The van der Waals surface area contributed by atoms with Gasteiger partial charge in [-0.15, -0.1) is 6.58 Å². The van der Waals surface area contributed by atoms with E-state index in [0.29, 0.717) is 18.8 Å². The van der Waals surface area contributed by atoms with Crippen LogP contribution in [0.3, 0.4) is 0 Å². The summed E-state index contributed by atoms with van der Waals surface area (Å²) in [7, 11) is 0. The van der Waals surface area contributed by atoms with E-state index in [-0.39, 0.29) is 0 Å². The van der Waals surface area contributed by atoms with Crippen molar-refractivity contribution in [1.82, 2.24) is 0 Å². The van der Waals surface area contributed by atoms with Gasteiger partial charge >= 0.3 is 5.97 Å². The average molecular weight is 220 g/mol. The summed E-state index contributed by atoms with van der Waals surface area (Å²) in [6, 6.07) is 6.77. The average Bonchev–Trinajstić information content (AvgIpc) is 2.24. The molecule has 0 aliphatic rings. The van der Waals surface area contributed by atoms with Crippen molar-refractivity contribution in [2.75, 3.05) is 6.61 Å². The molecule has 1 rings (SSSR count). The van der Waals surface area contributed by atoms with Crippen molar-refractivity contribution in [3.63, 3.8) is 0 Å². The fourth-order valence-electron chi connectivity index (χ4n) is 1.23. The number of carboxylic acid groups (broad SMARTS) is 1. The number of aromatic carboxylic acids is 1. The van der Waals surface area contributed by atoms with Gasteiger partial charge in [0.05, 0.1) is 18.8 Å². The number of hydrogen-bond donors (Lipinski definition) is 1. The Morgan fingerprint density at radius 3 is 2.88 bits per heavy atom. The lowest BCUT2D eigenvalue weighted by atomic mass is 10.1. The Morgan fingerprint density at radius 2 is 2.25 bits per heavy atom. The van der Waals surface area contributed by atoms with Crippen molar-refractivity contribution < 1.29 is 14.6 Å². The third-order valence-electron chi connectivity index (χ3n) is 2.12. The van der Waals surface area contributed by atoms with E-state index in [2.05, 4.69) is 6.58 Å². The van der Waals surface area contributed by atoms with Crippen molar-refractivity contribution in [3.05, 3.63) is 47.5 Å². The summed E-state index contributed by atoms with van der Waals surface area (Å²) in [6.45, 7) is 6.79. The van der Waals surface area contributed by atoms with Crippen LogP contribution in [0.5, 0.6) is 0 Å². The van der Waals surface area contributed by atoms with Crippen LogP contribution in [-0.4, -0.2) is 17.7 Å². The van der Waals surface area contributed by atoms with Crippen molar-refractivity contribution in [2.45, 2.75) is 20.0 Å². The standard InChI is InChI=1S/C13H16O3/c1-10(2)6-7-16-9-11-4-3-5-12(8-11)13(14)15/h3-5,8H,1,6-7,9H2,2H3,(H,14,15). The fraction of sp³-hybridized carbons (Fsp3) is 0.308. The molecule has 0 amide bonds. The zero-order valence-corrected chi connectivity index (χ0v) is 9.40. The van der Waals surface area contributed by atoms with Gasteiger partial charge in [-0.2, -0.15) is 0 Å². The maximum atomic E-state index is 10.7. The molecule has 0 saturated heterocycles. The van der Waals surface area contributed by atoms with Gasteiger partial charge in [0.15, 0.2) is 0 Å². The highest BCUT2D eigenvalue weighted by molar-refractivity contribution is 5.87. The van der Waals surface area contributed by atoms with E-state index in [9.17, 15) is 4.79 Å². The van der Waals surface area contributed by atoms with Crippen molar-refractivity contribution in [1.29, 1.82) is 0 Å². The lowest BCUT2D eigenvalue weighted by molar-refractivity contribution is 0.0696. The molecule has 0 aromatic heterocycles. The van der Waals surface area contributed by atoms with Crippen LogP contribution in [0.4, 0.5) is 0 Å². The molecular formula is C13H16O3. The summed E-state index contributed by atoms with van der Waals surface area (Å²) in [5, 5.41) is 8.80. The lowest BCUT2D eigenvalue weighted by Crippen LogP contribution is -1.99. The SMILES string of the molecule is C=C(C)CCOCc1cccc(C(=O)O)c1. The molecule has 1 N–H and O–H groups in total. The van der Waals surface area contributed by atoms with Crippen LogP contribution in [0.15, 0.2) is 36.4 Å². The van der Waals surface area contributed by atoms with E-state index in [1.807, 2.05) is 13.0 Å². The molecule has 0 saturated carbocycles. The molecule has 0 bridgehead atoms. The first-order valence-electron chi connectivity index (χ1n) is 5.14. The number of carboxylic acids is 1. The molecule has 3 nitrogen and oxygen atoms in total. The summed E-state index contributed by atoms with van der Waals surface area (Å²) in [6.07, 6.45) is 0.832. The van der Waals surface area contributed by atoms with Gasteiger partial charge in [-0.3, -0.25) is 0 Å². The molecule has 0 heterocycles. The maximum Gasteiger partial charge on any atom is 0.335 e. The predicted octanol–water partition coefficient (Wildman–Crippen LogP) is 2.87. The monoisotopic (exact) mass is 220 g/mol. The van der Waals surface area contributed by atoms with E-state index < -0.39 is 5.97 Å². The number of hydrogen-bond acceptors (Lipinski definition) is 2. The molecule has 0 unspecified atom stereocenters. The quantitative estimate of drug-likeness (QED) is 0.592. The number of ether oxygens (including phenoxy) is 1. The number of benzene rings is 1. The highest BCUT2D eigenvalue weighted by Crippen LogP contribution is 2.07. The van der Waals surface area contributed by atoms with Gasteiger partial charge in [0, 0.05) is 0 Å². The van der Waals surface area contributed by atoms with E-state index in [1.54, 1.807) is 18.2 Å². The number of carbonyl (C=O) groups is 1. The third kappa shape index (κ3) is 4.28. The highest BCUT2D eigenvalue weighted by atomic mass is 16.5. The Morgan fingerprint density at radius 1 is 1.50 bits per heavy atom. The van der Waals surface area contributed by atoms with Crippen LogP contribution >= 0.6 is 0 Å². The van der Waals surface area contributed by atoms with Crippen LogP contribution in [-0.2, 0) is 11.3 Å². The molecule has 0 fully saturated rings. The van der Waals surface area contributed by atoms with Crippen LogP contribution < -0.4 is 0 Å². The molecule has 0 aliphatic carbocycles. The predicted molar refractivity (Wildman–Crippen MR) is 62.5 cm³/mol. The maximum absolute atomic E-state index is 10.7. The van der Waals surface area contributed by atoms with Gasteiger partial charge in [-0.1, -0.05) is 17.7 Å². The molecule has 16 heavy (non-hydrogen) atoms. The molecule has 1 aromatic carbocycles.